The molecular formula is C29H32N2O7. The first-order chi connectivity index (χ1) is 18.5. The third-order valence-corrected chi connectivity index (χ3v) is 6.56. The maximum Gasteiger partial charge on any atom is 0.345 e. The van der Waals surface area contributed by atoms with Crippen LogP contribution in [0.4, 0.5) is 0 Å². The molecule has 0 aromatic heterocycles. The van der Waals surface area contributed by atoms with E-state index in [4.69, 9.17) is 19.3 Å². The Morgan fingerprint density at radius 3 is 2.39 bits per heavy atom. The molecule has 4 rings (SSSR count). The average molecular weight is 521 g/mol. The lowest BCUT2D eigenvalue weighted by Crippen LogP contribution is -2.44. The zero-order valence-corrected chi connectivity index (χ0v) is 21.1. The van der Waals surface area contributed by atoms with Gasteiger partial charge in [-0.25, -0.2) is 14.5 Å². The van der Waals surface area contributed by atoms with Crippen LogP contribution in [-0.4, -0.2) is 85.0 Å². The lowest BCUT2D eigenvalue weighted by molar-refractivity contribution is -0.196. The number of esters is 1. The molecule has 0 saturated carbocycles. The Bertz CT molecular complexity index is 1130. The molecule has 0 amide bonds. The number of rotatable bonds is 11. The summed E-state index contributed by atoms with van der Waals surface area (Å²) in [5.74, 6) is -2.46. The number of aliphatic carboxylic acids is 1. The van der Waals surface area contributed by atoms with Crippen LogP contribution in [0.15, 0.2) is 78.4 Å². The molecule has 9 nitrogen and oxygen atoms in total. The summed E-state index contributed by atoms with van der Waals surface area (Å²) < 4.78 is 17.0. The van der Waals surface area contributed by atoms with Crippen LogP contribution >= 0.6 is 0 Å². The number of carbonyl (C=O) groups excluding carboxylic acids is 2. The molecule has 3 atom stereocenters. The normalized spacial score (nSPS) is 21.8. The Hall–Kier alpha value is -3.63. The standard InChI is InChI=1S/C29H32N2O7/c32-20-24(19-27(33)34)28(35)38-29-31(25(21-37-29)12-11-22-7-3-1-4-8-22)26(23-9-5-2-6-10-23)13-14-30-15-17-36-18-16-30/h1-12,19-20,25-26,29H,13-18,21H2,(H,33,34)/b12-11?,24-19+. The lowest BCUT2D eigenvalue weighted by atomic mass is 10.00. The Kier molecular flexibility index (Phi) is 9.94. The fourth-order valence-corrected chi connectivity index (χ4v) is 4.65. The summed E-state index contributed by atoms with van der Waals surface area (Å²) in [6.07, 6.45) is 4.34. The van der Waals surface area contributed by atoms with Crippen molar-refractivity contribution in [2.75, 3.05) is 39.5 Å². The average Bonchev–Trinajstić information content (AvgIpc) is 3.34. The van der Waals surface area contributed by atoms with Gasteiger partial charge in [0.1, 0.15) is 5.57 Å². The number of hydrogen-bond donors (Lipinski definition) is 1. The first-order valence-corrected chi connectivity index (χ1v) is 12.6. The van der Waals surface area contributed by atoms with Gasteiger partial charge < -0.3 is 19.3 Å². The van der Waals surface area contributed by atoms with Crippen LogP contribution in [0.3, 0.4) is 0 Å². The highest BCUT2D eigenvalue weighted by Gasteiger charge is 2.41. The molecule has 2 heterocycles. The molecular weight excluding hydrogens is 488 g/mol. The molecule has 2 aromatic carbocycles. The fourth-order valence-electron chi connectivity index (χ4n) is 4.65. The van der Waals surface area contributed by atoms with Gasteiger partial charge in [0.25, 0.3) is 6.41 Å². The van der Waals surface area contributed by atoms with Gasteiger partial charge >= 0.3 is 11.9 Å². The Labute approximate surface area is 221 Å². The fraction of sp³-hybridized carbons (Fsp3) is 0.345. The topological polar surface area (TPSA) is 106 Å². The molecule has 2 fully saturated rings. The molecule has 38 heavy (non-hydrogen) atoms. The van der Waals surface area contributed by atoms with Crippen LogP contribution in [0.25, 0.3) is 6.08 Å². The van der Waals surface area contributed by atoms with Crippen molar-refractivity contribution < 1.29 is 33.7 Å². The number of hydrogen-bond acceptors (Lipinski definition) is 8. The molecule has 2 aliphatic heterocycles. The largest absolute Gasteiger partial charge is 0.478 e. The third kappa shape index (κ3) is 7.45. The van der Waals surface area contributed by atoms with E-state index >= 15 is 0 Å². The highest BCUT2D eigenvalue weighted by atomic mass is 16.7. The van der Waals surface area contributed by atoms with Crippen molar-refractivity contribution in [3.8, 4) is 0 Å². The molecule has 1 N–H and O–H groups in total. The van der Waals surface area contributed by atoms with Crippen LogP contribution < -0.4 is 0 Å². The predicted molar refractivity (Wildman–Crippen MR) is 140 cm³/mol. The van der Waals surface area contributed by atoms with Crippen molar-refractivity contribution >= 4 is 24.3 Å². The zero-order chi connectivity index (χ0) is 26.7. The van der Waals surface area contributed by atoms with Crippen LogP contribution in [0, 0.1) is 0 Å². The van der Waals surface area contributed by atoms with Crippen molar-refractivity contribution in [2.24, 2.45) is 0 Å². The first-order valence-electron chi connectivity index (χ1n) is 12.6. The van der Waals surface area contributed by atoms with Crippen molar-refractivity contribution in [2.45, 2.75) is 24.9 Å². The van der Waals surface area contributed by atoms with Gasteiger partial charge in [0.2, 0.25) is 0 Å². The molecule has 0 bridgehead atoms. The summed E-state index contributed by atoms with van der Waals surface area (Å²) in [4.78, 5) is 39.5. The van der Waals surface area contributed by atoms with Gasteiger partial charge in [-0.1, -0.05) is 72.8 Å². The van der Waals surface area contributed by atoms with E-state index < -0.39 is 23.9 Å². The minimum absolute atomic E-state index is 0.176. The Morgan fingerprint density at radius 2 is 1.74 bits per heavy atom. The molecule has 200 valence electrons. The number of morpholine rings is 1. The number of aldehydes is 1. The maximum atomic E-state index is 12.7. The van der Waals surface area contributed by atoms with E-state index in [0.29, 0.717) is 19.3 Å². The number of carboxylic acid groups (broad SMARTS) is 1. The molecule has 2 saturated heterocycles. The number of ether oxygens (including phenoxy) is 3. The van der Waals surface area contributed by atoms with Gasteiger partial charge in [0.15, 0.2) is 6.29 Å². The molecule has 0 radical (unpaired) electrons. The van der Waals surface area contributed by atoms with E-state index in [1.807, 2.05) is 77.7 Å². The van der Waals surface area contributed by atoms with Gasteiger partial charge in [-0.05, 0) is 17.5 Å². The lowest BCUT2D eigenvalue weighted by Gasteiger charge is -2.36. The summed E-state index contributed by atoms with van der Waals surface area (Å²) >= 11 is 0. The second-order valence-corrected chi connectivity index (χ2v) is 9.05. The Balaban J connectivity index is 1.63. The molecule has 0 spiro atoms. The van der Waals surface area contributed by atoms with Crippen molar-refractivity contribution in [3.63, 3.8) is 0 Å². The summed E-state index contributed by atoms with van der Waals surface area (Å²) in [6.45, 7) is 4.12. The highest BCUT2D eigenvalue weighted by Crippen LogP contribution is 2.34. The smallest absolute Gasteiger partial charge is 0.345 e. The van der Waals surface area contributed by atoms with E-state index in [-0.39, 0.29) is 25.0 Å². The maximum absolute atomic E-state index is 12.7. The predicted octanol–water partition coefficient (Wildman–Crippen LogP) is 2.90. The Morgan fingerprint density at radius 1 is 1.05 bits per heavy atom. The van der Waals surface area contributed by atoms with E-state index in [0.717, 1.165) is 37.2 Å². The van der Waals surface area contributed by atoms with Gasteiger partial charge in [0, 0.05) is 31.8 Å². The van der Waals surface area contributed by atoms with E-state index in [9.17, 15) is 14.4 Å². The number of carbonyl (C=O) groups is 3. The second kappa shape index (κ2) is 13.8. The van der Waals surface area contributed by atoms with Crippen molar-refractivity contribution in [1.29, 1.82) is 0 Å². The SMILES string of the molecule is O=C/C(=C\C(=O)O)C(=O)OC1OCC(C=Cc2ccccc2)N1C(CCN1CCOCC1)c1ccccc1. The van der Waals surface area contributed by atoms with Crippen molar-refractivity contribution in [3.05, 3.63) is 89.5 Å². The van der Waals surface area contributed by atoms with Crippen LogP contribution in [0.5, 0.6) is 0 Å². The number of carboxylic acids is 1. The minimum Gasteiger partial charge on any atom is -0.478 e. The van der Waals surface area contributed by atoms with Crippen LogP contribution in [0.1, 0.15) is 23.6 Å². The number of nitrogens with zero attached hydrogens (tertiary/aromatic N) is 2. The van der Waals surface area contributed by atoms with Crippen LogP contribution in [-0.2, 0) is 28.6 Å². The first kappa shape index (κ1) is 27.4. The van der Waals surface area contributed by atoms with Crippen LogP contribution in [0.2, 0.25) is 0 Å². The zero-order valence-electron chi connectivity index (χ0n) is 21.1. The van der Waals surface area contributed by atoms with E-state index in [1.54, 1.807) is 0 Å². The quantitative estimate of drug-likeness (QED) is 0.157. The van der Waals surface area contributed by atoms with E-state index in [2.05, 4.69) is 4.90 Å². The van der Waals surface area contributed by atoms with Gasteiger partial charge in [-0.2, -0.15) is 0 Å². The highest BCUT2D eigenvalue weighted by molar-refractivity contribution is 6.11. The number of benzene rings is 2. The van der Waals surface area contributed by atoms with Gasteiger partial charge in [0.05, 0.1) is 25.9 Å². The minimum atomic E-state index is -1.41. The summed E-state index contributed by atoms with van der Waals surface area (Å²) in [7, 11) is 0. The second-order valence-electron chi connectivity index (χ2n) is 9.05. The monoisotopic (exact) mass is 520 g/mol. The summed E-state index contributed by atoms with van der Waals surface area (Å²) in [5.41, 5.74) is 1.46. The molecule has 2 aliphatic rings. The van der Waals surface area contributed by atoms with Gasteiger partial charge in [-0.15, -0.1) is 0 Å². The van der Waals surface area contributed by atoms with Crippen molar-refractivity contribution in [1.82, 2.24) is 9.80 Å². The molecule has 0 aliphatic carbocycles. The summed E-state index contributed by atoms with van der Waals surface area (Å²) in [5, 5.41) is 9.02. The molecule has 2 aromatic rings. The third-order valence-electron chi connectivity index (χ3n) is 6.56. The molecule has 3 unspecified atom stereocenters. The summed E-state index contributed by atoms with van der Waals surface area (Å²) in [6, 6.07) is 19.3. The van der Waals surface area contributed by atoms with E-state index in [1.165, 1.54) is 0 Å². The molecule has 9 heteroatoms. The van der Waals surface area contributed by atoms with Gasteiger partial charge in [-0.3, -0.25) is 9.69 Å².